The fraction of sp³-hybridized carbons (Fsp3) is 0.818. The van der Waals surface area contributed by atoms with Crippen LogP contribution >= 0.6 is 0 Å². The van der Waals surface area contributed by atoms with Gasteiger partial charge in [-0.3, -0.25) is 4.79 Å². The number of likely N-dealkylation sites (tertiary alicyclic amines) is 1. The molecule has 1 saturated carbocycles. The molecule has 2 rings (SSSR count). The lowest BCUT2D eigenvalue weighted by atomic mass is 9.94. The Morgan fingerprint density at radius 2 is 1.93 bits per heavy atom. The van der Waals surface area contributed by atoms with Crippen molar-refractivity contribution in [3.8, 4) is 0 Å². The van der Waals surface area contributed by atoms with E-state index in [2.05, 4.69) is 0 Å². The molecule has 0 aromatic carbocycles. The highest BCUT2D eigenvalue weighted by Gasteiger charge is 2.35. The van der Waals surface area contributed by atoms with Crippen molar-refractivity contribution in [3.63, 3.8) is 0 Å². The van der Waals surface area contributed by atoms with Gasteiger partial charge in [0, 0.05) is 30.9 Å². The van der Waals surface area contributed by atoms with Crippen molar-refractivity contribution < 1.29 is 14.7 Å². The first-order chi connectivity index (χ1) is 7.18. The molecule has 1 aliphatic heterocycles. The number of amides is 1. The molecule has 4 nitrogen and oxygen atoms in total. The second-order valence-electron chi connectivity index (χ2n) is 4.56. The van der Waals surface area contributed by atoms with Crippen molar-refractivity contribution in [1.82, 2.24) is 4.90 Å². The Bertz CT molecular complexity index is 271. The number of aliphatic carboxylic acids is 1. The molecule has 1 saturated heterocycles. The number of carbonyl (C=O) groups is 2. The fourth-order valence-corrected chi connectivity index (χ4v) is 2.64. The number of hydrogen-bond donors (Lipinski definition) is 0. The third-order valence-corrected chi connectivity index (χ3v) is 3.51. The number of carboxylic acids is 1. The third kappa shape index (κ3) is 2.13. The Hall–Kier alpha value is -1.06. The molecule has 0 radical (unpaired) electrons. The lowest BCUT2D eigenvalue weighted by molar-refractivity contribution is -0.311. The van der Waals surface area contributed by atoms with Crippen LogP contribution in [0.25, 0.3) is 0 Å². The lowest BCUT2D eigenvalue weighted by Gasteiger charge is -2.31. The highest BCUT2D eigenvalue weighted by molar-refractivity contribution is 5.85. The molecule has 84 valence electrons. The van der Waals surface area contributed by atoms with Crippen molar-refractivity contribution in [2.45, 2.75) is 44.6 Å². The normalized spacial score (nSPS) is 28.4. The van der Waals surface area contributed by atoms with Crippen LogP contribution in [0.15, 0.2) is 0 Å². The Morgan fingerprint density at radius 1 is 1.27 bits per heavy atom. The minimum atomic E-state index is -1.08. The van der Waals surface area contributed by atoms with Crippen LogP contribution in [0.2, 0.25) is 0 Å². The van der Waals surface area contributed by atoms with Gasteiger partial charge < -0.3 is 14.8 Å². The number of carbonyl (C=O) groups excluding carboxylic acids is 2. The van der Waals surface area contributed by atoms with Gasteiger partial charge in [0.2, 0.25) is 5.91 Å². The minimum Gasteiger partial charge on any atom is -0.550 e. The molecule has 1 aliphatic carbocycles. The van der Waals surface area contributed by atoms with Crippen LogP contribution in [0.3, 0.4) is 0 Å². The van der Waals surface area contributed by atoms with Crippen LogP contribution in [0.4, 0.5) is 0 Å². The van der Waals surface area contributed by atoms with Gasteiger partial charge in [-0.25, -0.2) is 0 Å². The van der Waals surface area contributed by atoms with Crippen molar-refractivity contribution in [2.75, 3.05) is 6.54 Å². The second-order valence-corrected chi connectivity index (χ2v) is 4.56. The van der Waals surface area contributed by atoms with E-state index < -0.39 is 11.9 Å². The van der Waals surface area contributed by atoms with Crippen LogP contribution in [-0.4, -0.2) is 29.4 Å². The topological polar surface area (TPSA) is 60.4 Å². The molecule has 1 heterocycles. The van der Waals surface area contributed by atoms with Crippen molar-refractivity contribution in [2.24, 2.45) is 5.92 Å². The summed E-state index contributed by atoms with van der Waals surface area (Å²) in [6.45, 7) is 0.367. The van der Waals surface area contributed by atoms with Crippen LogP contribution < -0.4 is 5.11 Å². The molecule has 0 bridgehead atoms. The zero-order valence-corrected chi connectivity index (χ0v) is 8.78. The number of hydrogen-bond acceptors (Lipinski definition) is 3. The Morgan fingerprint density at radius 3 is 2.47 bits per heavy atom. The fourth-order valence-electron chi connectivity index (χ4n) is 2.64. The van der Waals surface area contributed by atoms with Crippen LogP contribution in [-0.2, 0) is 9.59 Å². The van der Waals surface area contributed by atoms with Gasteiger partial charge in [0.05, 0.1) is 0 Å². The summed E-state index contributed by atoms with van der Waals surface area (Å²) in [6, 6.07) is 0.288. The molecule has 15 heavy (non-hydrogen) atoms. The Balaban J connectivity index is 1.97. The Labute approximate surface area is 89.3 Å². The summed E-state index contributed by atoms with van der Waals surface area (Å²) in [5.41, 5.74) is 0. The summed E-state index contributed by atoms with van der Waals surface area (Å²) < 4.78 is 0. The van der Waals surface area contributed by atoms with E-state index in [-0.39, 0.29) is 18.4 Å². The lowest BCUT2D eigenvalue weighted by Crippen LogP contribution is -2.39. The maximum absolute atomic E-state index is 11.6. The molecule has 1 atom stereocenters. The van der Waals surface area contributed by atoms with Gasteiger partial charge in [-0.1, -0.05) is 19.3 Å². The van der Waals surface area contributed by atoms with Crippen molar-refractivity contribution in [3.05, 3.63) is 0 Å². The van der Waals surface area contributed by atoms with Crippen LogP contribution in [0, 0.1) is 5.92 Å². The van der Waals surface area contributed by atoms with E-state index in [0.29, 0.717) is 6.54 Å². The molecular weight excluding hydrogens is 194 g/mol. The quantitative estimate of drug-likeness (QED) is 0.640. The van der Waals surface area contributed by atoms with E-state index in [4.69, 9.17) is 0 Å². The first-order valence-corrected chi connectivity index (χ1v) is 5.69. The first kappa shape index (κ1) is 10.5. The second kappa shape index (κ2) is 4.21. The average molecular weight is 210 g/mol. The number of carboxylic acid groups (broad SMARTS) is 1. The molecule has 0 unspecified atom stereocenters. The summed E-state index contributed by atoms with van der Waals surface area (Å²) in [5.74, 6) is -1.67. The SMILES string of the molecule is O=C([O-])[C@H]1CC(=O)N(C2CCCCC2)C1. The average Bonchev–Trinajstić information content (AvgIpc) is 2.62. The molecule has 0 N–H and O–H groups in total. The van der Waals surface area contributed by atoms with Crippen molar-refractivity contribution in [1.29, 1.82) is 0 Å². The molecule has 0 aromatic heterocycles. The summed E-state index contributed by atoms with van der Waals surface area (Å²) in [7, 11) is 0. The molecule has 0 spiro atoms. The van der Waals surface area contributed by atoms with E-state index in [9.17, 15) is 14.7 Å². The van der Waals surface area contributed by atoms with Gasteiger partial charge in [-0.05, 0) is 12.8 Å². The molecule has 4 heteroatoms. The predicted octanol–water partition coefficient (Wildman–Crippen LogP) is -0.0825. The van der Waals surface area contributed by atoms with Gasteiger partial charge >= 0.3 is 0 Å². The van der Waals surface area contributed by atoms with Gasteiger partial charge in [0.1, 0.15) is 0 Å². The van der Waals surface area contributed by atoms with Gasteiger partial charge in [0.25, 0.3) is 0 Å². The summed E-state index contributed by atoms with van der Waals surface area (Å²) in [5, 5.41) is 10.7. The largest absolute Gasteiger partial charge is 0.550 e. The van der Waals surface area contributed by atoms with Gasteiger partial charge in [0.15, 0.2) is 0 Å². The molecule has 2 fully saturated rings. The highest BCUT2D eigenvalue weighted by atomic mass is 16.4. The standard InChI is InChI=1S/C11H17NO3/c13-10-6-8(11(14)15)7-12(10)9-4-2-1-3-5-9/h8-9H,1-7H2,(H,14,15)/p-1/t8-/m0/s1. The number of rotatable bonds is 2. The van der Waals surface area contributed by atoms with Crippen molar-refractivity contribution >= 4 is 11.9 Å². The van der Waals surface area contributed by atoms with E-state index >= 15 is 0 Å². The monoisotopic (exact) mass is 210 g/mol. The van der Waals surface area contributed by atoms with Crippen LogP contribution in [0.1, 0.15) is 38.5 Å². The van der Waals surface area contributed by atoms with E-state index in [0.717, 1.165) is 25.7 Å². The zero-order chi connectivity index (χ0) is 10.8. The van der Waals surface area contributed by atoms with E-state index in [1.807, 2.05) is 0 Å². The number of nitrogens with zero attached hydrogens (tertiary/aromatic N) is 1. The summed E-state index contributed by atoms with van der Waals surface area (Å²) >= 11 is 0. The molecule has 2 aliphatic rings. The molecule has 0 aromatic rings. The van der Waals surface area contributed by atoms with Crippen LogP contribution in [0.5, 0.6) is 0 Å². The first-order valence-electron chi connectivity index (χ1n) is 5.69. The van der Waals surface area contributed by atoms with Gasteiger partial charge in [-0.2, -0.15) is 0 Å². The molecular formula is C11H16NO3-. The van der Waals surface area contributed by atoms with Gasteiger partial charge in [-0.15, -0.1) is 0 Å². The van der Waals surface area contributed by atoms with E-state index in [1.54, 1.807) is 4.90 Å². The predicted molar refractivity (Wildman–Crippen MR) is 51.7 cm³/mol. The summed E-state index contributed by atoms with van der Waals surface area (Å²) in [4.78, 5) is 24.1. The minimum absolute atomic E-state index is 0.00361. The van der Waals surface area contributed by atoms with E-state index in [1.165, 1.54) is 6.42 Å². The Kier molecular flexibility index (Phi) is 2.93. The maximum Gasteiger partial charge on any atom is 0.223 e. The summed E-state index contributed by atoms with van der Waals surface area (Å²) in [6.07, 6.45) is 5.76. The highest BCUT2D eigenvalue weighted by Crippen LogP contribution is 2.28. The zero-order valence-electron chi connectivity index (χ0n) is 8.78. The third-order valence-electron chi connectivity index (χ3n) is 3.51. The smallest absolute Gasteiger partial charge is 0.223 e. The molecule has 1 amide bonds. The maximum atomic E-state index is 11.6.